The van der Waals surface area contributed by atoms with Gasteiger partial charge in [-0.1, -0.05) is 6.07 Å². The molecule has 1 aromatic carbocycles. The summed E-state index contributed by atoms with van der Waals surface area (Å²) in [6, 6.07) is 6.29. The summed E-state index contributed by atoms with van der Waals surface area (Å²) in [5.41, 5.74) is 9.54. The average molecular weight is 247 g/mol. The second-order valence-electron chi connectivity index (χ2n) is 5.19. The largest absolute Gasteiger partial charge is 0.399 e. The van der Waals surface area contributed by atoms with Gasteiger partial charge in [0.05, 0.1) is 13.2 Å². The first-order valence-electron chi connectivity index (χ1n) is 6.71. The molecular formula is C14H21N3O. The molecule has 0 unspecified atom stereocenters. The molecule has 0 spiro atoms. The third-order valence-corrected chi connectivity index (χ3v) is 3.85. The molecular weight excluding hydrogens is 226 g/mol. The number of ether oxygens (including phenoxy) is 1. The first-order valence-corrected chi connectivity index (χ1v) is 6.71. The Morgan fingerprint density at radius 2 is 1.72 bits per heavy atom. The lowest BCUT2D eigenvalue weighted by molar-refractivity contribution is 0.0331. The van der Waals surface area contributed by atoms with Crippen LogP contribution in [0.25, 0.3) is 0 Å². The van der Waals surface area contributed by atoms with Gasteiger partial charge in [-0.15, -0.1) is 0 Å². The summed E-state index contributed by atoms with van der Waals surface area (Å²) < 4.78 is 5.37. The Labute approximate surface area is 108 Å². The van der Waals surface area contributed by atoms with E-state index in [0.29, 0.717) is 0 Å². The van der Waals surface area contributed by atoms with Crippen LogP contribution in [0.1, 0.15) is 11.1 Å². The van der Waals surface area contributed by atoms with Gasteiger partial charge in [0.1, 0.15) is 0 Å². The highest BCUT2D eigenvalue weighted by molar-refractivity contribution is 5.46. The number of morpholine rings is 1. The maximum absolute atomic E-state index is 5.83. The van der Waals surface area contributed by atoms with Crippen molar-refractivity contribution < 1.29 is 4.74 Å². The molecule has 0 bridgehead atoms. The van der Waals surface area contributed by atoms with E-state index >= 15 is 0 Å². The van der Waals surface area contributed by atoms with Crippen molar-refractivity contribution in [1.82, 2.24) is 9.80 Å². The average Bonchev–Trinajstić information content (AvgIpc) is 2.79. The number of nitrogens with two attached hydrogens (primary N) is 1. The zero-order valence-electron chi connectivity index (χ0n) is 10.8. The van der Waals surface area contributed by atoms with Crippen molar-refractivity contribution in [1.29, 1.82) is 0 Å². The van der Waals surface area contributed by atoms with E-state index in [-0.39, 0.29) is 0 Å². The zero-order chi connectivity index (χ0) is 12.4. The Morgan fingerprint density at radius 1 is 1.00 bits per heavy atom. The van der Waals surface area contributed by atoms with Crippen LogP contribution in [-0.2, 0) is 17.8 Å². The summed E-state index contributed by atoms with van der Waals surface area (Å²) >= 11 is 0. The molecule has 1 fully saturated rings. The van der Waals surface area contributed by atoms with Gasteiger partial charge in [-0.05, 0) is 23.3 Å². The lowest BCUT2D eigenvalue weighted by atomic mass is 10.1. The molecule has 0 radical (unpaired) electrons. The van der Waals surface area contributed by atoms with Gasteiger partial charge in [0, 0.05) is 45.0 Å². The lowest BCUT2D eigenvalue weighted by Crippen LogP contribution is -2.40. The number of fused-ring (bicyclic) bond motifs is 1. The van der Waals surface area contributed by atoms with E-state index in [9.17, 15) is 0 Å². The Morgan fingerprint density at radius 3 is 2.56 bits per heavy atom. The summed E-state index contributed by atoms with van der Waals surface area (Å²) in [4.78, 5) is 4.99. The van der Waals surface area contributed by atoms with Gasteiger partial charge in [-0.3, -0.25) is 9.80 Å². The molecule has 0 atom stereocenters. The summed E-state index contributed by atoms with van der Waals surface area (Å²) in [7, 11) is 0. The molecule has 0 amide bonds. The predicted molar refractivity (Wildman–Crippen MR) is 72.2 cm³/mol. The summed E-state index contributed by atoms with van der Waals surface area (Å²) in [5.74, 6) is 0. The molecule has 2 aliphatic heterocycles. The van der Waals surface area contributed by atoms with Gasteiger partial charge in [-0.2, -0.15) is 0 Å². The Kier molecular flexibility index (Phi) is 3.50. The van der Waals surface area contributed by atoms with Crippen molar-refractivity contribution in [3.8, 4) is 0 Å². The summed E-state index contributed by atoms with van der Waals surface area (Å²) in [6.07, 6.45) is 0. The smallest absolute Gasteiger partial charge is 0.0594 e. The Bertz CT molecular complexity index is 416. The fourth-order valence-electron chi connectivity index (χ4n) is 2.75. The maximum Gasteiger partial charge on any atom is 0.0594 e. The van der Waals surface area contributed by atoms with E-state index in [2.05, 4.69) is 21.9 Å². The van der Waals surface area contributed by atoms with Crippen molar-refractivity contribution in [2.45, 2.75) is 13.1 Å². The molecule has 0 aromatic heterocycles. The molecule has 4 nitrogen and oxygen atoms in total. The lowest BCUT2D eigenvalue weighted by Gasteiger charge is -2.28. The summed E-state index contributed by atoms with van der Waals surface area (Å²) in [5, 5.41) is 0. The van der Waals surface area contributed by atoms with E-state index in [0.717, 1.165) is 58.2 Å². The SMILES string of the molecule is Nc1ccc2c(c1)CN(CCN1CCOCC1)C2. The molecule has 98 valence electrons. The van der Waals surface area contributed by atoms with Gasteiger partial charge in [-0.25, -0.2) is 0 Å². The minimum atomic E-state index is 0.878. The standard InChI is InChI=1S/C14H21N3O/c15-14-2-1-12-10-17(11-13(12)9-14)4-3-16-5-7-18-8-6-16/h1-2,9H,3-8,10-11,15H2. The predicted octanol–water partition coefficient (Wildman–Crippen LogP) is 0.917. The van der Waals surface area contributed by atoms with Crippen molar-refractivity contribution in [2.75, 3.05) is 45.1 Å². The monoisotopic (exact) mass is 247 g/mol. The van der Waals surface area contributed by atoms with Crippen LogP contribution in [0.4, 0.5) is 5.69 Å². The minimum absolute atomic E-state index is 0.878. The molecule has 18 heavy (non-hydrogen) atoms. The van der Waals surface area contributed by atoms with Gasteiger partial charge in [0.15, 0.2) is 0 Å². The first kappa shape index (κ1) is 12.0. The molecule has 0 saturated carbocycles. The molecule has 0 aliphatic carbocycles. The van der Waals surface area contributed by atoms with Crippen LogP contribution in [0.15, 0.2) is 18.2 Å². The fourth-order valence-corrected chi connectivity index (χ4v) is 2.75. The molecule has 1 aromatic rings. The van der Waals surface area contributed by atoms with Crippen LogP contribution in [-0.4, -0.2) is 49.2 Å². The van der Waals surface area contributed by atoms with E-state index in [1.165, 1.54) is 11.1 Å². The number of nitrogens with zero attached hydrogens (tertiary/aromatic N) is 2. The summed E-state index contributed by atoms with van der Waals surface area (Å²) in [6.45, 7) is 8.32. The minimum Gasteiger partial charge on any atom is -0.399 e. The van der Waals surface area contributed by atoms with Crippen molar-refractivity contribution in [3.05, 3.63) is 29.3 Å². The second-order valence-corrected chi connectivity index (χ2v) is 5.19. The molecule has 2 N–H and O–H groups in total. The number of hydrogen-bond donors (Lipinski definition) is 1. The number of anilines is 1. The number of rotatable bonds is 3. The van der Waals surface area contributed by atoms with Crippen LogP contribution >= 0.6 is 0 Å². The fraction of sp³-hybridized carbons (Fsp3) is 0.571. The maximum atomic E-state index is 5.83. The van der Waals surface area contributed by atoms with E-state index in [4.69, 9.17) is 10.5 Å². The topological polar surface area (TPSA) is 41.7 Å². The number of benzene rings is 1. The zero-order valence-corrected chi connectivity index (χ0v) is 10.8. The van der Waals surface area contributed by atoms with Crippen LogP contribution in [0.5, 0.6) is 0 Å². The Balaban J connectivity index is 1.51. The number of nitrogen functional groups attached to an aromatic ring is 1. The molecule has 4 heteroatoms. The van der Waals surface area contributed by atoms with Gasteiger partial charge in [0.2, 0.25) is 0 Å². The molecule has 3 rings (SSSR count). The van der Waals surface area contributed by atoms with Crippen LogP contribution < -0.4 is 5.73 Å². The second kappa shape index (κ2) is 5.26. The van der Waals surface area contributed by atoms with Gasteiger partial charge >= 0.3 is 0 Å². The van der Waals surface area contributed by atoms with Gasteiger partial charge < -0.3 is 10.5 Å². The van der Waals surface area contributed by atoms with E-state index in [1.807, 2.05) is 6.07 Å². The highest BCUT2D eigenvalue weighted by atomic mass is 16.5. The normalized spacial score (nSPS) is 21.1. The van der Waals surface area contributed by atoms with Crippen molar-refractivity contribution in [3.63, 3.8) is 0 Å². The van der Waals surface area contributed by atoms with Crippen molar-refractivity contribution in [2.24, 2.45) is 0 Å². The molecule has 2 aliphatic rings. The van der Waals surface area contributed by atoms with Gasteiger partial charge in [0.25, 0.3) is 0 Å². The third-order valence-electron chi connectivity index (χ3n) is 3.85. The first-order chi connectivity index (χ1) is 8.81. The van der Waals surface area contributed by atoms with Crippen LogP contribution in [0.2, 0.25) is 0 Å². The molecule has 2 heterocycles. The molecule has 1 saturated heterocycles. The van der Waals surface area contributed by atoms with Crippen molar-refractivity contribution >= 4 is 5.69 Å². The van der Waals surface area contributed by atoms with Crippen LogP contribution in [0.3, 0.4) is 0 Å². The Hall–Kier alpha value is -1.10. The third kappa shape index (κ3) is 2.66. The van der Waals surface area contributed by atoms with E-state index in [1.54, 1.807) is 0 Å². The highest BCUT2D eigenvalue weighted by Gasteiger charge is 2.19. The van der Waals surface area contributed by atoms with E-state index < -0.39 is 0 Å². The quantitative estimate of drug-likeness (QED) is 0.806. The van der Waals surface area contributed by atoms with Crippen LogP contribution in [0, 0.1) is 0 Å². The number of hydrogen-bond acceptors (Lipinski definition) is 4. The highest BCUT2D eigenvalue weighted by Crippen LogP contribution is 2.24.